The van der Waals surface area contributed by atoms with Gasteiger partial charge < -0.3 is 4.57 Å². The van der Waals surface area contributed by atoms with E-state index < -0.39 is 15.1 Å². The third-order valence-corrected chi connectivity index (χ3v) is 6.49. The van der Waals surface area contributed by atoms with Gasteiger partial charge in [-0.2, -0.15) is 0 Å². The van der Waals surface area contributed by atoms with Crippen LogP contribution in [0.4, 0.5) is 0 Å². The van der Waals surface area contributed by atoms with Crippen LogP contribution in [0.15, 0.2) is 65.1 Å². The Morgan fingerprint density at radius 2 is 1.85 bits per heavy atom. The number of rotatable bonds is 4. The Kier molecular flexibility index (Phi) is 4.54. The molecule has 0 N–H and O–H groups in total. The van der Waals surface area contributed by atoms with Crippen molar-refractivity contribution in [3.63, 3.8) is 0 Å². The molecule has 26 heavy (non-hydrogen) atoms. The second kappa shape index (κ2) is 6.53. The lowest BCUT2D eigenvalue weighted by atomic mass is 10.2. The zero-order valence-corrected chi connectivity index (χ0v) is 15.7. The number of pyridine rings is 2. The number of aryl methyl sites for hydroxylation is 1. The molecule has 1 aromatic carbocycles. The van der Waals surface area contributed by atoms with Crippen LogP contribution in [0.2, 0.25) is 0 Å². The summed E-state index contributed by atoms with van der Waals surface area (Å²) in [6.45, 7) is 9.05. The standard InChI is InChI=1S/C20H20N2O3S/c1-13(2)22-18-10-14(3)21-12-17(18)19(23)11-20(22)26(24,25)15(4)16-8-6-5-7-9-16/h5-12,15H,1H2,2-4H3. The summed E-state index contributed by atoms with van der Waals surface area (Å²) in [6.07, 6.45) is 1.48. The highest BCUT2D eigenvalue weighted by molar-refractivity contribution is 7.91. The Morgan fingerprint density at radius 1 is 1.19 bits per heavy atom. The maximum atomic E-state index is 13.3. The SMILES string of the molecule is C=C(C)n1c(S(=O)(=O)C(C)c2ccccc2)cc(=O)c2cnc(C)cc21. The largest absolute Gasteiger partial charge is 0.304 e. The van der Waals surface area contributed by atoms with E-state index in [0.29, 0.717) is 27.9 Å². The van der Waals surface area contributed by atoms with Crippen LogP contribution in [0.3, 0.4) is 0 Å². The van der Waals surface area contributed by atoms with Crippen molar-refractivity contribution in [3.05, 3.63) is 76.7 Å². The quantitative estimate of drug-likeness (QED) is 0.704. The van der Waals surface area contributed by atoms with Crippen LogP contribution in [0.1, 0.15) is 30.4 Å². The zero-order chi connectivity index (χ0) is 19.1. The normalized spacial score (nSPS) is 12.9. The highest BCUT2D eigenvalue weighted by Crippen LogP contribution is 2.30. The topological polar surface area (TPSA) is 69.0 Å². The smallest absolute Gasteiger partial charge is 0.201 e. The molecule has 0 aliphatic heterocycles. The minimum Gasteiger partial charge on any atom is -0.304 e. The predicted molar refractivity (Wildman–Crippen MR) is 104 cm³/mol. The Morgan fingerprint density at radius 3 is 2.46 bits per heavy atom. The van der Waals surface area contributed by atoms with Gasteiger partial charge in [0.1, 0.15) is 5.03 Å². The van der Waals surface area contributed by atoms with Crippen LogP contribution in [-0.4, -0.2) is 18.0 Å². The molecular formula is C20H20N2O3S. The molecule has 6 heteroatoms. The van der Waals surface area contributed by atoms with Crippen LogP contribution >= 0.6 is 0 Å². The molecule has 2 heterocycles. The van der Waals surface area contributed by atoms with Crippen LogP contribution in [0.5, 0.6) is 0 Å². The van der Waals surface area contributed by atoms with Gasteiger partial charge in [-0.15, -0.1) is 0 Å². The first-order valence-corrected chi connectivity index (χ1v) is 9.75. The van der Waals surface area contributed by atoms with Gasteiger partial charge in [0.05, 0.1) is 16.2 Å². The molecule has 5 nitrogen and oxygen atoms in total. The van der Waals surface area contributed by atoms with Gasteiger partial charge in [0.2, 0.25) is 9.84 Å². The molecular weight excluding hydrogens is 348 g/mol. The van der Waals surface area contributed by atoms with Crippen molar-refractivity contribution >= 4 is 26.4 Å². The Balaban J connectivity index is 2.36. The van der Waals surface area contributed by atoms with Gasteiger partial charge in [0.25, 0.3) is 0 Å². The van der Waals surface area contributed by atoms with Gasteiger partial charge in [-0.25, -0.2) is 8.42 Å². The van der Waals surface area contributed by atoms with Gasteiger partial charge in [0, 0.05) is 23.7 Å². The van der Waals surface area contributed by atoms with E-state index in [1.54, 1.807) is 51.1 Å². The minimum atomic E-state index is -3.81. The number of aromatic nitrogens is 2. The molecule has 0 fully saturated rings. The molecule has 0 saturated heterocycles. The van der Waals surface area contributed by atoms with Gasteiger partial charge >= 0.3 is 0 Å². The molecule has 134 valence electrons. The summed E-state index contributed by atoms with van der Waals surface area (Å²) >= 11 is 0. The first-order valence-electron chi connectivity index (χ1n) is 8.20. The highest BCUT2D eigenvalue weighted by atomic mass is 32.2. The third kappa shape index (κ3) is 2.97. The van der Waals surface area contributed by atoms with E-state index in [0.717, 1.165) is 0 Å². The first-order chi connectivity index (χ1) is 12.2. The average molecular weight is 368 g/mol. The van der Waals surface area contributed by atoms with E-state index in [4.69, 9.17) is 0 Å². The molecule has 3 aromatic rings. The molecule has 1 atom stereocenters. The fourth-order valence-electron chi connectivity index (χ4n) is 2.98. The molecule has 0 amide bonds. The van der Waals surface area contributed by atoms with E-state index in [1.807, 2.05) is 6.07 Å². The minimum absolute atomic E-state index is 0.0514. The van der Waals surface area contributed by atoms with Gasteiger partial charge in [0.15, 0.2) is 5.43 Å². The number of fused-ring (bicyclic) bond motifs is 1. The van der Waals surface area contributed by atoms with E-state index in [2.05, 4.69) is 11.6 Å². The lowest BCUT2D eigenvalue weighted by Crippen LogP contribution is -2.21. The predicted octanol–water partition coefficient (Wildman–Crippen LogP) is 3.73. The maximum Gasteiger partial charge on any atom is 0.201 e. The van der Waals surface area contributed by atoms with Crippen LogP contribution in [0.25, 0.3) is 16.6 Å². The van der Waals surface area contributed by atoms with Crippen molar-refractivity contribution in [2.24, 2.45) is 0 Å². The molecule has 0 spiro atoms. The summed E-state index contributed by atoms with van der Waals surface area (Å²) in [7, 11) is -3.81. The molecule has 1 unspecified atom stereocenters. The molecule has 2 aromatic heterocycles. The zero-order valence-electron chi connectivity index (χ0n) is 14.9. The van der Waals surface area contributed by atoms with Gasteiger partial charge in [-0.1, -0.05) is 36.9 Å². The van der Waals surface area contributed by atoms with E-state index in [9.17, 15) is 13.2 Å². The summed E-state index contributed by atoms with van der Waals surface area (Å²) in [6, 6.07) is 11.8. The third-order valence-electron chi connectivity index (χ3n) is 4.41. The molecule has 0 aliphatic rings. The van der Waals surface area contributed by atoms with Gasteiger partial charge in [-0.05, 0) is 32.4 Å². The molecule has 0 aliphatic carbocycles. The number of allylic oxidation sites excluding steroid dienone is 1. The number of sulfone groups is 1. The fourth-order valence-corrected chi connectivity index (χ4v) is 4.64. The first kappa shape index (κ1) is 18.1. The number of hydrogen-bond acceptors (Lipinski definition) is 4. The van der Waals surface area contributed by atoms with Crippen molar-refractivity contribution in [2.45, 2.75) is 31.0 Å². The Labute approximate surface area is 152 Å². The second-order valence-electron chi connectivity index (χ2n) is 6.36. The molecule has 0 bridgehead atoms. The van der Waals surface area contributed by atoms with Crippen molar-refractivity contribution < 1.29 is 8.42 Å². The summed E-state index contributed by atoms with van der Waals surface area (Å²) in [5.74, 6) is 0. The van der Waals surface area contributed by atoms with Crippen molar-refractivity contribution in [1.29, 1.82) is 0 Å². The summed E-state index contributed by atoms with van der Waals surface area (Å²) in [5, 5.41) is -0.483. The number of benzene rings is 1. The Hall–Kier alpha value is -2.73. The summed E-state index contributed by atoms with van der Waals surface area (Å²) in [4.78, 5) is 16.7. The average Bonchev–Trinajstić information content (AvgIpc) is 2.60. The van der Waals surface area contributed by atoms with Crippen molar-refractivity contribution in [2.75, 3.05) is 0 Å². The second-order valence-corrected chi connectivity index (χ2v) is 8.57. The number of hydrogen-bond donors (Lipinski definition) is 0. The van der Waals surface area contributed by atoms with Gasteiger partial charge in [-0.3, -0.25) is 9.78 Å². The van der Waals surface area contributed by atoms with E-state index >= 15 is 0 Å². The Bertz CT molecular complexity index is 1160. The fraction of sp³-hybridized carbons (Fsp3) is 0.200. The lowest BCUT2D eigenvalue weighted by molar-refractivity contribution is 0.579. The van der Waals surface area contributed by atoms with E-state index in [-0.39, 0.29) is 10.5 Å². The van der Waals surface area contributed by atoms with Crippen LogP contribution in [-0.2, 0) is 9.84 Å². The molecule has 3 rings (SSSR count). The summed E-state index contributed by atoms with van der Waals surface area (Å²) < 4.78 is 28.2. The molecule has 0 saturated carbocycles. The highest BCUT2D eigenvalue weighted by Gasteiger charge is 2.29. The lowest BCUT2D eigenvalue weighted by Gasteiger charge is -2.20. The van der Waals surface area contributed by atoms with Crippen LogP contribution < -0.4 is 5.43 Å². The van der Waals surface area contributed by atoms with Crippen molar-refractivity contribution in [1.82, 2.24) is 9.55 Å². The maximum absolute atomic E-state index is 13.3. The van der Waals surface area contributed by atoms with Crippen LogP contribution in [0, 0.1) is 6.92 Å². The monoisotopic (exact) mass is 368 g/mol. The van der Waals surface area contributed by atoms with Crippen molar-refractivity contribution in [3.8, 4) is 0 Å². The van der Waals surface area contributed by atoms with E-state index in [1.165, 1.54) is 16.8 Å². The number of nitrogens with zero attached hydrogens (tertiary/aromatic N) is 2. The summed E-state index contributed by atoms with van der Waals surface area (Å²) in [5.41, 5.74) is 2.00. The molecule has 0 radical (unpaired) electrons.